The highest BCUT2D eigenvalue weighted by molar-refractivity contribution is 6.31. The van der Waals surface area contributed by atoms with Crippen molar-refractivity contribution in [1.82, 2.24) is 9.38 Å². The quantitative estimate of drug-likeness (QED) is 0.648. The van der Waals surface area contributed by atoms with Gasteiger partial charge in [0.1, 0.15) is 11.5 Å². The van der Waals surface area contributed by atoms with Crippen molar-refractivity contribution in [2.24, 2.45) is 0 Å². The molecular formula is C19H15ClFN3O. The lowest BCUT2D eigenvalue weighted by Gasteiger charge is -2.28. The van der Waals surface area contributed by atoms with Crippen LogP contribution in [0.1, 0.15) is 17.7 Å². The number of aryl methyl sites for hydroxylation is 1. The molecule has 0 saturated carbocycles. The molecule has 0 saturated heterocycles. The zero-order chi connectivity index (χ0) is 17.4. The largest absolute Gasteiger partial charge is 0.306 e. The fraction of sp³-hybridized carbons (Fsp3) is 0.158. The van der Waals surface area contributed by atoms with Crippen molar-refractivity contribution in [3.05, 3.63) is 70.9 Å². The first-order valence-corrected chi connectivity index (χ1v) is 8.42. The van der Waals surface area contributed by atoms with Crippen molar-refractivity contribution in [3.63, 3.8) is 0 Å². The minimum Gasteiger partial charge on any atom is -0.306 e. The van der Waals surface area contributed by atoms with Gasteiger partial charge in [-0.1, -0.05) is 29.8 Å². The Kier molecular flexibility index (Phi) is 4.01. The number of hydrogen-bond acceptors (Lipinski definition) is 2. The van der Waals surface area contributed by atoms with Crippen molar-refractivity contribution in [3.8, 4) is 0 Å². The minimum absolute atomic E-state index is 0.270. The molecule has 4 rings (SSSR count). The first-order valence-electron chi connectivity index (χ1n) is 8.05. The predicted octanol–water partition coefficient (Wildman–Crippen LogP) is 4.12. The molecule has 0 radical (unpaired) electrons. The van der Waals surface area contributed by atoms with Gasteiger partial charge in [0.15, 0.2) is 5.15 Å². The number of carbonyl (C=O) groups is 1. The molecule has 2 aromatic heterocycles. The number of imidazole rings is 1. The summed E-state index contributed by atoms with van der Waals surface area (Å²) in [5.74, 6) is -0.639. The zero-order valence-corrected chi connectivity index (χ0v) is 14.1. The minimum atomic E-state index is -0.369. The molecule has 0 atom stereocenters. The van der Waals surface area contributed by atoms with Crippen LogP contribution in [0.15, 0.2) is 48.7 Å². The highest BCUT2D eigenvalue weighted by Crippen LogP contribution is 2.30. The van der Waals surface area contributed by atoms with Gasteiger partial charge in [-0.3, -0.25) is 9.20 Å². The summed E-state index contributed by atoms with van der Waals surface area (Å²) in [6.45, 7) is 0.498. The normalized spacial score (nSPS) is 14.2. The van der Waals surface area contributed by atoms with Crippen LogP contribution in [0.3, 0.4) is 0 Å². The highest BCUT2D eigenvalue weighted by Gasteiger charge is 2.24. The summed E-state index contributed by atoms with van der Waals surface area (Å²) >= 11 is 6.18. The number of para-hydroxylation sites is 1. The van der Waals surface area contributed by atoms with E-state index < -0.39 is 0 Å². The van der Waals surface area contributed by atoms with E-state index in [1.807, 2.05) is 30.5 Å². The van der Waals surface area contributed by atoms with Crippen LogP contribution in [0, 0.1) is 5.82 Å². The lowest BCUT2D eigenvalue weighted by Crippen LogP contribution is -2.35. The fourth-order valence-corrected chi connectivity index (χ4v) is 3.44. The van der Waals surface area contributed by atoms with Gasteiger partial charge < -0.3 is 4.90 Å². The number of carbonyl (C=O) groups excluding carboxylic acids is 1. The average Bonchev–Trinajstić information content (AvgIpc) is 2.94. The molecule has 0 fully saturated rings. The molecule has 0 N–H and O–H groups in total. The smallest absolute Gasteiger partial charge is 0.251 e. The van der Waals surface area contributed by atoms with Crippen LogP contribution in [-0.4, -0.2) is 21.8 Å². The number of anilines is 1. The lowest BCUT2D eigenvalue weighted by atomic mass is 10.0. The molecule has 1 aliphatic heterocycles. The third-order valence-corrected chi connectivity index (χ3v) is 4.62. The average molecular weight is 356 g/mol. The van der Waals surface area contributed by atoms with E-state index in [0.717, 1.165) is 18.4 Å². The monoisotopic (exact) mass is 355 g/mol. The van der Waals surface area contributed by atoms with Gasteiger partial charge in [-0.05, 0) is 42.7 Å². The number of pyridine rings is 1. The van der Waals surface area contributed by atoms with Gasteiger partial charge in [-0.25, -0.2) is 9.37 Å². The first kappa shape index (κ1) is 15.8. The summed E-state index contributed by atoms with van der Waals surface area (Å²) < 4.78 is 16.0. The maximum Gasteiger partial charge on any atom is 0.251 e. The Morgan fingerprint density at radius 2 is 2.12 bits per heavy atom. The van der Waals surface area contributed by atoms with Crippen molar-refractivity contribution in [2.75, 3.05) is 11.4 Å². The van der Waals surface area contributed by atoms with E-state index in [1.54, 1.807) is 16.5 Å². The number of rotatable bonds is 2. The standard InChI is InChI=1S/C19H15ClFN3O/c20-19-15(23-11-2-1-8-16(23)22-19)9-10-17(25)24-12-4-6-13-5-3-7-14(21)18(13)24/h1-3,5,7-11H,4,6,12H2/b10-9+. The van der Waals surface area contributed by atoms with E-state index in [0.29, 0.717) is 28.7 Å². The van der Waals surface area contributed by atoms with Gasteiger partial charge in [0.2, 0.25) is 0 Å². The van der Waals surface area contributed by atoms with Gasteiger partial charge in [0, 0.05) is 18.8 Å². The van der Waals surface area contributed by atoms with Crippen molar-refractivity contribution in [1.29, 1.82) is 0 Å². The van der Waals surface area contributed by atoms with E-state index in [1.165, 1.54) is 17.0 Å². The number of aromatic nitrogens is 2. The Morgan fingerprint density at radius 3 is 3.00 bits per heavy atom. The summed E-state index contributed by atoms with van der Waals surface area (Å²) in [6.07, 6.45) is 6.46. The summed E-state index contributed by atoms with van der Waals surface area (Å²) in [4.78, 5) is 18.4. The summed E-state index contributed by atoms with van der Waals surface area (Å²) in [7, 11) is 0. The Balaban J connectivity index is 1.67. The van der Waals surface area contributed by atoms with Crippen LogP contribution in [0.4, 0.5) is 10.1 Å². The molecule has 1 amide bonds. The zero-order valence-electron chi connectivity index (χ0n) is 13.3. The van der Waals surface area contributed by atoms with Gasteiger partial charge in [0.05, 0.1) is 11.4 Å². The van der Waals surface area contributed by atoms with Gasteiger partial charge in [-0.2, -0.15) is 0 Å². The second kappa shape index (κ2) is 6.33. The molecular weight excluding hydrogens is 341 g/mol. The second-order valence-electron chi connectivity index (χ2n) is 5.89. The molecule has 3 aromatic rings. The maximum atomic E-state index is 14.2. The molecule has 3 heterocycles. The van der Waals surface area contributed by atoms with E-state index in [2.05, 4.69) is 4.98 Å². The molecule has 4 nitrogen and oxygen atoms in total. The Hall–Kier alpha value is -2.66. The van der Waals surface area contributed by atoms with Crippen LogP contribution in [0.25, 0.3) is 11.7 Å². The fourth-order valence-electron chi connectivity index (χ4n) is 3.20. The number of hydrogen-bond donors (Lipinski definition) is 0. The lowest BCUT2D eigenvalue weighted by molar-refractivity contribution is -0.114. The maximum absolute atomic E-state index is 14.2. The Morgan fingerprint density at radius 1 is 1.24 bits per heavy atom. The summed E-state index contributed by atoms with van der Waals surface area (Å²) in [6, 6.07) is 10.5. The first-order chi connectivity index (χ1) is 12.1. The Bertz CT molecular complexity index is 995. The number of nitrogens with zero attached hydrogens (tertiary/aromatic N) is 3. The van der Waals surface area contributed by atoms with Crippen molar-refractivity contribution >= 4 is 34.9 Å². The third kappa shape index (κ3) is 2.81. The van der Waals surface area contributed by atoms with Crippen molar-refractivity contribution in [2.45, 2.75) is 12.8 Å². The van der Waals surface area contributed by atoms with Gasteiger partial charge in [0.25, 0.3) is 5.91 Å². The predicted molar refractivity (Wildman–Crippen MR) is 96.3 cm³/mol. The third-order valence-electron chi connectivity index (χ3n) is 4.34. The highest BCUT2D eigenvalue weighted by atomic mass is 35.5. The second-order valence-corrected chi connectivity index (χ2v) is 6.25. The van der Waals surface area contributed by atoms with Crippen LogP contribution < -0.4 is 4.90 Å². The molecule has 1 aromatic carbocycles. The van der Waals surface area contributed by atoms with Gasteiger partial charge in [-0.15, -0.1) is 0 Å². The van der Waals surface area contributed by atoms with Crippen LogP contribution in [0.2, 0.25) is 5.15 Å². The molecule has 0 unspecified atom stereocenters. The van der Waals surface area contributed by atoms with E-state index in [4.69, 9.17) is 11.6 Å². The van der Waals surface area contributed by atoms with E-state index in [-0.39, 0.29) is 11.7 Å². The number of halogens is 2. The number of benzene rings is 1. The van der Waals surface area contributed by atoms with Crippen LogP contribution in [0.5, 0.6) is 0 Å². The molecule has 6 heteroatoms. The molecule has 0 bridgehead atoms. The summed E-state index contributed by atoms with van der Waals surface area (Å²) in [5.41, 5.74) is 2.57. The van der Waals surface area contributed by atoms with E-state index >= 15 is 0 Å². The number of amides is 1. The number of fused-ring (bicyclic) bond motifs is 2. The van der Waals surface area contributed by atoms with Crippen LogP contribution in [-0.2, 0) is 11.2 Å². The van der Waals surface area contributed by atoms with E-state index in [9.17, 15) is 9.18 Å². The topological polar surface area (TPSA) is 37.6 Å². The summed E-state index contributed by atoms with van der Waals surface area (Å²) in [5, 5.41) is 0.320. The Labute approximate surface area is 149 Å². The molecule has 0 spiro atoms. The van der Waals surface area contributed by atoms with Gasteiger partial charge >= 0.3 is 0 Å². The molecule has 126 valence electrons. The molecule has 25 heavy (non-hydrogen) atoms. The molecule has 1 aliphatic rings. The SMILES string of the molecule is O=C(/C=C/c1c(Cl)nc2ccccn12)N1CCCc2cccc(F)c21. The molecule has 0 aliphatic carbocycles. The van der Waals surface area contributed by atoms with Crippen molar-refractivity contribution < 1.29 is 9.18 Å². The van der Waals surface area contributed by atoms with Crippen LogP contribution >= 0.6 is 11.6 Å².